The summed E-state index contributed by atoms with van der Waals surface area (Å²) in [5, 5.41) is 0. The van der Waals surface area contributed by atoms with Gasteiger partial charge in [0.15, 0.2) is 0 Å². The van der Waals surface area contributed by atoms with Gasteiger partial charge in [-0.3, -0.25) is 4.79 Å². The van der Waals surface area contributed by atoms with Crippen LogP contribution in [0.1, 0.15) is 33.6 Å². The van der Waals surface area contributed by atoms with Gasteiger partial charge in [0.1, 0.15) is 6.29 Å². The van der Waals surface area contributed by atoms with Crippen LogP contribution in [0.2, 0.25) is 0 Å². The van der Waals surface area contributed by atoms with Crippen molar-refractivity contribution in [3.63, 3.8) is 0 Å². The zero-order valence-electron chi connectivity index (χ0n) is 8.58. The van der Waals surface area contributed by atoms with E-state index in [4.69, 9.17) is 4.74 Å². The second-order valence-corrected chi connectivity index (χ2v) is 3.35. The maximum Gasteiger partial charge on any atom is 0.302 e. The Balaban J connectivity index is 3.86. The van der Waals surface area contributed by atoms with Crippen molar-refractivity contribution in [3.8, 4) is 0 Å². The first-order valence-electron chi connectivity index (χ1n) is 4.68. The van der Waals surface area contributed by atoms with Gasteiger partial charge in [0.2, 0.25) is 0 Å². The summed E-state index contributed by atoms with van der Waals surface area (Å²) in [6, 6.07) is 0. The van der Waals surface area contributed by atoms with Crippen molar-refractivity contribution in [1.82, 2.24) is 0 Å². The molecule has 76 valence electrons. The van der Waals surface area contributed by atoms with Gasteiger partial charge >= 0.3 is 5.97 Å². The Morgan fingerprint density at radius 1 is 1.54 bits per heavy atom. The molecule has 3 nitrogen and oxygen atoms in total. The van der Waals surface area contributed by atoms with E-state index in [1.54, 1.807) is 0 Å². The van der Waals surface area contributed by atoms with Crippen LogP contribution >= 0.6 is 0 Å². The first kappa shape index (κ1) is 12.1. The van der Waals surface area contributed by atoms with E-state index in [1.165, 1.54) is 6.92 Å². The summed E-state index contributed by atoms with van der Waals surface area (Å²) >= 11 is 0. The average molecular weight is 186 g/mol. The fourth-order valence-electron chi connectivity index (χ4n) is 1.25. The van der Waals surface area contributed by atoms with Crippen molar-refractivity contribution < 1.29 is 14.3 Å². The molecule has 0 unspecified atom stereocenters. The van der Waals surface area contributed by atoms with Gasteiger partial charge in [-0.05, 0) is 18.3 Å². The molecular weight excluding hydrogens is 168 g/mol. The summed E-state index contributed by atoms with van der Waals surface area (Å²) in [6.07, 6.45) is 2.39. The molecule has 0 heterocycles. The van der Waals surface area contributed by atoms with E-state index in [0.29, 0.717) is 24.9 Å². The summed E-state index contributed by atoms with van der Waals surface area (Å²) in [7, 11) is 0. The molecule has 0 aromatic rings. The monoisotopic (exact) mass is 186 g/mol. The smallest absolute Gasteiger partial charge is 0.302 e. The predicted octanol–water partition coefficient (Wildman–Crippen LogP) is 1.80. The molecule has 0 aliphatic heterocycles. The number of carbonyl (C=O) groups is 2. The fourth-order valence-corrected chi connectivity index (χ4v) is 1.25. The Bertz CT molecular complexity index is 166. The van der Waals surface area contributed by atoms with Crippen molar-refractivity contribution in [3.05, 3.63) is 0 Å². The highest BCUT2D eigenvalue weighted by atomic mass is 16.5. The molecule has 2 atom stereocenters. The molecule has 0 saturated heterocycles. The molecule has 0 aromatic heterocycles. The molecule has 0 bridgehead atoms. The Hall–Kier alpha value is -0.860. The molecule has 0 aliphatic carbocycles. The number of ether oxygens (including phenoxy) is 1. The van der Waals surface area contributed by atoms with E-state index in [1.807, 2.05) is 13.8 Å². The molecule has 0 aromatic carbocycles. The normalized spacial score (nSPS) is 14.7. The molecule has 0 fully saturated rings. The third kappa shape index (κ3) is 5.39. The van der Waals surface area contributed by atoms with E-state index in [2.05, 4.69) is 0 Å². The predicted molar refractivity (Wildman–Crippen MR) is 50.3 cm³/mol. The molecule has 0 rings (SSSR count). The molecule has 0 N–H and O–H groups in total. The molecule has 3 heteroatoms. The van der Waals surface area contributed by atoms with Gasteiger partial charge in [-0.1, -0.05) is 13.8 Å². The topological polar surface area (TPSA) is 43.4 Å². The fraction of sp³-hybridized carbons (Fsp3) is 0.800. The highest BCUT2D eigenvalue weighted by Crippen LogP contribution is 2.18. The number of carbonyl (C=O) groups excluding carboxylic acids is 2. The van der Waals surface area contributed by atoms with E-state index < -0.39 is 0 Å². The number of aldehydes is 1. The third-order valence-corrected chi connectivity index (χ3v) is 2.30. The summed E-state index contributed by atoms with van der Waals surface area (Å²) < 4.78 is 4.91. The van der Waals surface area contributed by atoms with Crippen LogP contribution in [0.5, 0.6) is 0 Å². The first-order chi connectivity index (χ1) is 6.11. The summed E-state index contributed by atoms with van der Waals surface area (Å²) in [5.41, 5.74) is 0. The Kier molecular flexibility index (Phi) is 6.20. The molecule has 0 saturated carbocycles. The Labute approximate surface area is 79.5 Å². The van der Waals surface area contributed by atoms with Gasteiger partial charge in [0, 0.05) is 13.3 Å². The van der Waals surface area contributed by atoms with Crippen LogP contribution in [-0.2, 0) is 14.3 Å². The molecule has 0 aliphatic rings. The van der Waals surface area contributed by atoms with Gasteiger partial charge in [0.05, 0.1) is 6.61 Å². The van der Waals surface area contributed by atoms with Crippen LogP contribution in [0.4, 0.5) is 0 Å². The molecule has 0 radical (unpaired) electrons. The molecule has 0 amide bonds. The molecule has 0 spiro atoms. The van der Waals surface area contributed by atoms with Gasteiger partial charge in [-0.15, -0.1) is 0 Å². The van der Waals surface area contributed by atoms with E-state index >= 15 is 0 Å². The van der Waals surface area contributed by atoms with Crippen LogP contribution in [-0.4, -0.2) is 18.9 Å². The van der Waals surface area contributed by atoms with Crippen molar-refractivity contribution in [2.24, 2.45) is 11.8 Å². The maximum absolute atomic E-state index is 10.6. The number of hydrogen-bond donors (Lipinski definition) is 0. The zero-order valence-corrected chi connectivity index (χ0v) is 8.58. The standard InChI is InChI=1S/C10H18O3/c1-4-10(7-13-9(3)12)8(2)5-6-11/h6,8,10H,4-5,7H2,1-3H3/t8-,10+/m1/s1. The summed E-state index contributed by atoms with van der Waals surface area (Å²) in [4.78, 5) is 20.8. The first-order valence-corrected chi connectivity index (χ1v) is 4.68. The van der Waals surface area contributed by atoms with Crippen LogP contribution in [0.25, 0.3) is 0 Å². The van der Waals surface area contributed by atoms with Crippen LogP contribution in [0.15, 0.2) is 0 Å². The van der Waals surface area contributed by atoms with Gasteiger partial charge < -0.3 is 9.53 Å². The van der Waals surface area contributed by atoms with E-state index in [0.717, 1.165) is 12.7 Å². The van der Waals surface area contributed by atoms with Crippen LogP contribution in [0.3, 0.4) is 0 Å². The van der Waals surface area contributed by atoms with Gasteiger partial charge in [-0.2, -0.15) is 0 Å². The van der Waals surface area contributed by atoms with Crippen LogP contribution < -0.4 is 0 Å². The quantitative estimate of drug-likeness (QED) is 0.469. The van der Waals surface area contributed by atoms with Crippen molar-refractivity contribution in [2.75, 3.05) is 6.61 Å². The zero-order chi connectivity index (χ0) is 10.3. The average Bonchev–Trinajstić information content (AvgIpc) is 2.05. The van der Waals surface area contributed by atoms with Gasteiger partial charge in [-0.25, -0.2) is 0 Å². The highest BCUT2D eigenvalue weighted by molar-refractivity contribution is 5.65. The second-order valence-electron chi connectivity index (χ2n) is 3.35. The largest absolute Gasteiger partial charge is 0.466 e. The second kappa shape index (κ2) is 6.63. The minimum Gasteiger partial charge on any atom is -0.466 e. The number of rotatable bonds is 6. The SMILES string of the molecule is CC[C@@H](COC(C)=O)[C@H](C)CC=O. The Morgan fingerprint density at radius 3 is 2.54 bits per heavy atom. The lowest BCUT2D eigenvalue weighted by Crippen LogP contribution is -2.19. The number of esters is 1. The van der Waals surface area contributed by atoms with Crippen LogP contribution in [0, 0.1) is 11.8 Å². The van der Waals surface area contributed by atoms with Crippen molar-refractivity contribution in [2.45, 2.75) is 33.6 Å². The highest BCUT2D eigenvalue weighted by Gasteiger charge is 2.16. The lowest BCUT2D eigenvalue weighted by molar-refractivity contribution is -0.142. The lowest BCUT2D eigenvalue weighted by Gasteiger charge is -2.19. The lowest BCUT2D eigenvalue weighted by atomic mass is 9.90. The Morgan fingerprint density at radius 2 is 2.15 bits per heavy atom. The van der Waals surface area contributed by atoms with E-state index in [-0.39, 0.29) is 5.97 Å². The minimum atomic E-state index is -0.253. The summed E-state index contributed by atoms with van der Waals surface area (Å²) in [5.74, 6) is 0.340. The maximum atomic E-state index is 10.6. The molecular formula is C10H18O3. The third-order valence-electron chi connectivity index (χ3n) is 2.30. The number of hydrogen-bond acceptors (Lipinski definition) is 3. The van der Waals surface area contributed by atoms with Crippen molar-refractivity contribution in [1.29, 1.82) is 0 Å². The van der Waals surface area contributed by atoms with E-state index in [9.17, 15) is 9.59 Å². The molecule has 13 heavy (non-hydrogen) atoms. The van der Waals surface area contributed by atoms with Gasteiger partial charge in [0.25, 0.3) is 0 Å². The summed E-state index contributed by atoms with van der Waals surface area (Å²) in [6.45, 7) is 5.87. The van der Waals surface area contributed by atoms with Crippen molar-refractivity contribution >= 4 is 12.3 Å². The minimum absolute atomic E-state index is 0.253.